The zero-order chi connectivity index (χ0) is 13.7. The smallest absolute Gasteiger partial charge is 0.303 e. The lowest BCUT2D eigenvalue weighted by Crippen LogP contribution is -2.46. The van der Waals surface area contributed by atoms with Gasteiger partial charge in [-0.2, -0.15) is 0 Å². The SMILES string of the molecule is O=C(O)CC1(CNC(=O)[C@H]2CCCN2)CCCCC1. The minimum absolute atomic E-state index is 0.0350. The number of rotatable bonds is 5. The molecule has 3 N–H and O–H groups in total. The van der Waals surface area contributed by atoms with Crippen LogP contribution in [0, 0.1) is 5.41 Å². The fourth-order valence-corrected chi connectivity index (χ4v) is 3.34. The van der Waals surface area contributed by atoms with Gasteiger partial charge in [0.1, 0.15) is 0 Å². The minimum Gasteiger partial charge on any atom is -0.481 e. The van der Waals surface area contributed by atoms with Crippen LogP contribution in [-0.2, 0) is 9.59 Å². The first-order valence-electron chi connectivity index (χ1n) is 7.34. The third-order valence-electron chi connectivity index (χ3n) is 4.45. The summed E-state index contributed by atoms with van der Waals surface area (Å²) in [6.45, 7) is 1.41. The second-order valence-corrected chi connectivity index (χ2v) is 6.00. The topological polar surface area (TPSA) is 78.4 Å². The van der Waals surface area contributed by atoms with Crippen molar-refractivity contribution in [2.45, 2.75) is 57.4 Å². The average Bonchev–Trinajstić information content (AvgIpc) is 2.90. The van der Waals surface area contributed by atoms with Gasteiger partial charge >= 0.3 is 5.97 Å². The molecule has 1 aliphatic heterocycles. The van der Waals surface area contributed by atoms with Crippen molar-refractivity contribution in [2.75, 3.05) is 13.1 Å². The highest BCUT2D eigenvalue weighted by atomic mass is 16.4. The lowest BCUT2D eigenvalue weighted by molar-refractivity contribution is -0.140. The van der Waals surface area contributed by atoms with Crippen molar-refractivity contribution in [3.05, 3.63) is 0 Å². The molecule has 19 heavy (non-hydrogen) atoms. The van der Waals surface area contributed by atoms with Gasteiger partial charge in [-0.05, 0) is 37.6 Å². The Morgan fingerprint density at radius 2 is 1.95 bits per heavy atom. The van der Waals surface area contributed by atoms with Gasteiger partial charge in [0.2, 0.25) is 5.91 Å². The molecule has 1 amide bonds. The Balaban J connectivity index is 1.88. The number of amides is 1. The van der Waals surface area contributed by atoms with Gasteiger partial charge in [0.15, 0.2) is 0 Å². The van der Waals surface area contributed by atoms with Gasteiger partial charge in [-0.15, -0.1) is 0 Å². The van der Waals surface area contributed by atoms with Gasteiger partial charge in [0.25, 0.3) is 0 Å². The summed E-state index contributed by atoms with van der Waals surface area (Å²) in [5.74, 6) is -0.719. The molecular formula is C14H24N2O3. The Kier molecular flexibility index (Phi) is 4.80. The summed E-state index contributed by atoms with van der Waals surface area (Å²) in [5.41, 5.74) is -0.224. The van der Waals surface area contributed by atoms with Crippen LogP contribution in [0.4, 0.5) is 0 Å². The Morgan fingerprint density at radius 3 is 2.53 bits per heavy atom. The van der Waals surface area contributed by atoms with Crippen LogP contribution in [0.3, 0.4) is 0 Å². The van der Waals surface area contributed by atoms with Crippen LogP contribution in [0.15, 0.2) is 0 Å². The molecule has 2 rings (SSSR count). The molecule has 0 unspecified atom stereocenters. The Bertz CT molecular complexity index is 332. The molecule has 5 heteroatoms. The van der Waals surface area contributed by atoms with E-state index in [9.17, 15) is 9.59 Å². The van der Waals surface area contributed by atoms with Gasteiger partial charge in [-0.1, -0.05) is 19.3 Å². The highest BCUT2D eigenvalue weighted by Crippen LogP contribution is 2.38. The summed E-state index contributed by atoms with van der Waals surface area (Å²) in [4.78, 5) is 23.0. The summed E-state index contributed by atoms with van der Waals surface area (Å²) in [6.07, 6.45) is 7.26. The van der Waals surface area contributed by atoms with Crippen molar-refractivity contribution in [1.82, 2.24) is 10.6 Å². The molecule has 0 spiro atoms. The van der Waals surface area contributed by atoms with Crippen molar-refractivity contribution in [1.29, 1.82) is 0 Å². The predicted octanol–water partition coefficient (Wildman–Crippen LogP) is 1.28. The molecule has 5 nitrogen and oxygen atoms in total. The molecule has 1 saturated heterocycles. The second kappa shape index (κ2) is 6.37. The maximum Gasteiger partial charge on any atom is 0.303 e. The normalized spacial score (nSPS) is 26.0. The van der Waals surface area contributed by atoms with Gasteiger partial charge < -0.3 is 15.7 Å². The molecule has 2 aliphatic rings. The zero-order valence-electron chi connectivity index (χ0n) is 11.4. The molecule has 2 fully saturated rings. The number of carboxylic acids is 1. The van der Waals surface area contributed by atoms with Crippen LogP contribution in [0.25, 0.3) is 0 Å². The third kappa shape index (κ3) is 3.93. The summed E-state index contributed by atoms with van der Waals surface area (Å²) in [7, 11) is 0. The molecule has 1 saturated carbocycles. The van der Waals surface area contributed by atoms with Crippen LogP contribution in [-0.4, -0.2) is 36.1 Å². The molecule has 108 valence electrons. The minimum atomic E-state index is -0.754. The van der Waals surface area contributed by atoms with E-state index < -0.39 is 5.97 Å². The van der Waals surface area contributed by atoms with Crippen LogP contribution in [0.1, 0.15) is 51.4 Å². The van der Waals surface area contributed by atoms with Crippen molar-refractivity contribution in [3.63, 3.8) is 0 Å². The van der Waals surface area contributed by atoms with Gasteiger partial charge in [-0.3, -0.25) is 9.59 Å². The number of carboxylic acid groups (broad SMARTS) is 1. The van der Waals surface area contributed by atoms with E-state index in [-0.39, 0.29) is 23.8 Å². The highest BCUT2D eigenvalue weighted by Gasteiger charge is 2.35. The summed E-state index contributed by atoms with van der Waals surface area (Å²) in [5, 5.41) is 15.2. The predicted molar refractivity (Wildman–Crippen MR) is 71.8 cm³/mol. The summed E-state index contributed by atoms with van der Waals surface area (Å²) in [6, 6.07) is -0.0783. The molecule has 1 heterocycles. The maximum atomic E-state index is 12.0. The fraction of sp³-hybridized carbons (Fsp3) is 0.857. The molecule has 0 aromatic rings. The molecule has 0 radical (unpaired) electrons. The number of aliphatic carboxylic acids is 1. The van der Waals surface area contributed by atoms with Crippen LogP contribution >= 0.6 is 0 Å². The third-order valence-corrected chi connectivity index (χ3v) is 4.45. The number of nitrogens with one attached hydrogen (secondary N) is 2. The lowest BCUT2D eigenvalue weighted by atomic mass is 9.71. The maximum absolute atomic E-state index is 12.0. The monoisotopic (exact) mass is 268 g/mol. The zero-order valence-corrected chi connectivity index (χ0v) is 11.4. The Hall–Kier alpha value is -1.10. The van der Waals surface area contributed by atoms with E-state index in [2.05, 4.69) is 10.6 Å². The first kappa shape index (κ1) is 14.3. The summed E-state index contributed by atoms with van der Waals surface area (Å²) >= 11 is 0. The van der Waals surface area contributed by atoms with Crippen molar-refractivity contribution in [3.8, 4) is 0 Å². The number of carbonyl (C=O) groups is 2. The number of hydrogen-bond acceptors (Lipinski definition) is 3. The quantitative estimate of drug-likeness (QED) is 0.702. The Morgan fingerprint density at radius 1 is 1.21 bits per heavy atom. The number of carbonyl (C=O) groups excluding carboxylic acids is 1. The molecule has 0 aromatic heterocycles. The average molecular weight is 268 g/mol. The van der Waals surface area contributed by atoms with Crippen molar-refractivity contribution < 1.29 is 14.7 Å². The molecule has 1 atom stereocenters. The summed E-state index contributed by atoms with van der Waals surface area (Å²) < 4.78 is 0. The molecule has 1 aliphatic carbocycles. The largest absolute Gasteiger partial charge is 0.481 e. The van der Waals surface area contributed by atoms with Crippen LogP contribution in [0.5, 0.6) is 0 Å². The van der Waals surface area contributed by atoms with Crippen LogP contribution in [0.2, 0.25) is 0 Å². The first-order chi connectivity index (χ1) is 9.11. The number of hydrogen-bond donors (Lipinski definition) is 3. The molecular weight excluding hydrogens is 244 g/mol. The van der Waals surface area contributed by atoms with E-state index in [4.69, 9.17) is 5.11 Å². The molecule has 0 bridgehead atoms. The van der Waals surface area contributed by atoms with E-state index in [1.165, 1.54) is 6.42 Å². The van der Waals surface area contributed by atoms with E-state index in [1.54, 1.807) is 0 Å². The van der Waals surface area contributed by atoms with Gasteiger partial charge in [0.05, 0.1) is 12.5 Å². The first-order valence-corrected chi connectivity index (χ1v) is 7.34. The standard InChI is InChI=1S/C14H24N2O3/c17-12(18)9-14(6-2-1-3-7-14)10-16-13(19)11-5-4-8-15-11/h11,15H,1-10H2,(H,16,19)(H,17,18)/t11-/m1/s1. The van der Waals surface area contributed by atoms with E-state index in [0.717, 1.165) is 45.1 Å². The van der Waals surface area contributed by atoms with Crippen LogP contribution < -0.4 is 10.6 Å². The van der Waals surface area contributed by atoms with Crippen molar-refractivity contribution in [2.24, 2.45) is 5.41 Å². The lowest BCUT2D eigenvalue weighted by Gasteiger charge is -2.36. The second-order valence-electron chi connectivity index (χ2n) is 6.00. The van der Waals surface area contributed by atoms with E-state index in [1.807, 2.05) is 0 Å². The highest BCUT2D eigenvalue weighted by molar-refractivity contribution is 5.82. The van der Waals surface area contributed by atoms with Gasteiger partial charge in [0, 0.05) is 6.54 Å². The molecule has 0 aromatic carbocycles. The fourth-order valence-electron chi connectivity index (χ4n) is 3.34. The van der Waals surface area contributed by atoms with Gasteiger partial charge in [-0.25, -0.2) is 0 Å². The van der Waals surface area contributed by atoms with E-state index in [0.29, 0.717) is 6.54 Å². The van der Waals surface area contributed by atoms with E-state index >= 15 is 0 Å². The Labute approximate surface area is 114 Å². The van der Waals surface area contributed by atoms with Crippen molar-refractivity contribution >= 4 is 11.9 Å².